The van der Waals surface area contributed by atoms with Crippen LogP contribution in [0.5, 0.6) is 0 Å². The number of aromatic amines is 1. The molecule has 7 heteroatoms. The zero-order valence-electron chi connectivity index (χ0n) is 8.44. The van der Waals surface area contributed by atoms with E-state index in [1.54, 1.807) is 18.2 Å². The molecule has 0 aliphatic rings. The molecular formula is C10H6BrN5O. The van der Waals surface area contributed by atoms with Gasteiger partial charge in [-0.25, -0.2) is 4.98 Å². The van der Waals surface area contributed by atoms with Crippen molar-refractivity contribution in [3.8, 4) is 6.07 Å². The third-order valence-electron chi connectivity index (χ3n) is 1.95. The zero-order chi connectivity index (χ0) is 12.3. The van der Waals surface area contributed by atoms with Gasteiger partial charge in [-0.2, -0.15) is 10.4 Å². The summed E-state index contributed by atoms with van der Waals surface area (Å²) in [6.45, 7) is 0. The van der Waals surface area contributed by atoms with Gasteiger partial charge in [0.1, 0.15) is 27.7 Å². The van der Waals surface area contributed by atoms with Crippen LogP contribution in [0.15, 0.2) is 29.0 Å². The molecule has 0 aliphatic heterocycles. The van der Waals surface area contributed by atoms with Gasteiger partial charge in [-0.05, 0) is 28.1 Å². The summed E-state index contributed by atoms with van der Waals surface area (Å²) in [5, 5.41) is 17.5. The van der Waals surface area contributed by atoms with Crippen LogP contribution in [0.2, 0.25) is 0 Å². The van der Waals surface area contributed by atoms with E-state index < -0.39 is 5.91 Å². The predicted molar refractivity (Wildman–Crippen MR) is 63.2 cm³/mol. The van der Waals surface area contributed by atoms with Crippen molar-refractivity contribution < 1.29 is 4.79 Å². The molecule has 0 spiro atoms. The largest absolute Gasteiger partial charge is 0.304 e. The Kier molecular flexibility index (Phi) is 3.16. The third kappa shape index (κ3) is 2.49. The Bertz CT molecular complexity index is 601. The SMILES string of the molecule is N#Cc1cn[nH]c1NC(=O)c1cccc(Br)n1. The Balaban J connectivity index is 2.21. The molecule has 2 heterocycles. The molecule has 0 saturated carbocycles. The summed E-state index contributed by atoms with van der Waals surface area (Å²) in [6.07, 6.45) is 1.34. The highest BCUT2D eigenvalue weighted by molar-refractivity contribution is 9.10. The number of nitrogens with zero attached hydrogens (tertiary/aromatic N) is 3. The highest BCUT2D eigenvalue weighted by Gasteiger charge is 2.11. The second-order valence-corrected chi connectivity index (χ2v) is 3.88. The van der Waals surface area contributed by atoms with Crippen molar-refractivity contribution in [2.45, 2.75) is 0 Å². The maximum Gasteiger partial charge on any atom is 0.275 e. The second kappa shape index (κ2) is 4.76. The second-order valence-electron chi connectivity index (χ2n) is 3.07. The van der Waals surface area contributed by atoms with Gasteiger partial charge in [-0.3, -0.25) is 9.89 Å². The maximum atomic E-state index is 11.8. The van der Waals surface area contributed by atoms with Gasteiger partial charge in [0.05, 0.1) is 6.20 Å². The molecule has 0 unspecified atom stereocenters. The Labute approximate surface area is 105 Å². The summed E-state index contributed by atoms with van der Waals surface area (Å²) in [4.78, 5) is 15.8. The van der Waals surface area contributed by atoms with Gasteiger partial charge < -0.3 is 5.32 Å². The molecule has 0 saturated heterocycles. The lowest BCUT2D eigenvalue weighted by Gasteiger charge is -2.02. The summed E-state index contributed by atoms with van der Waals surface area (Å²) >= 11 is 3.17. The molecule has 2 aromatic heterocycles. The Hall–Kier alpha value is -2.20. The molecule has 0 bridgehead atoms. The van der Waals surface area contributed by atoms with Gasteiger partial charge in [-0.15, -0.1) is 0 Å². The monoisotopic (exact) mass is 291 g/mol. The van der Waals surface area contributed by atoms with Crippen LogP contribution in [0.1, 0.15) is 16.1 Å². The fourth-order valence-electron chi connectivity index (χ4n) is 1.18. The number of carbonyl (C=O) groups is 1. The smallest absolute Gasteiger partial charge is 0.275 e. The van der Waals surface area contributed by atoms with Gasteiger partial charge in [0, 0.05) is 0 Å². The lowest BCUT2D eigenvalue weighted by atomic mass is 10.3. The molecule has 0 fully saturated rings. The van der Waals surface area contributed by atoms with E-state index in [1.165, 1.54) is 6.20 Å². The summed E-state index contributed by atoms with van der Waals surface area (Å²) < 4.78 is 0.565. The number of aromatic nitrogens is 3. The number of hydrogen-bond donors (Lipinski definition) is 2. The van der Waals surface area contributed by atoms with Gasteiger partial charge in [-0.1, -0.05) is 6.07 Å². The Morgan fingerprint density at radius 2 is 2.35 bits per heavy atom. The van der Waals surface area contributed by atoms with E-state index in [-0.39, 0.29) is 17.1 Å². The van der Waals surface area contributed by atoms with E-state index in [0.29, 0.717) is 4.60 Å². The summed E-state index contributed by atoms with van der Waals surface area (Å²) in [5.74, 6) is -0.147. The number of rotatable bonds is 2. The van der Waals surface area contributed by atoms with Gasteiger partial charge in [0.15, 0.2) is 0 Å². The van der Waals surface area contributed by atoms with Crippen molar-refractivity contribution in [2.24, 2.45) is 0 Å². The van der Waals surface area contributed by atoms with E-state index in [4.69, 9.17) is 5.26 Å². The van der Waals surface area contributed by atoms with E-state index >= 15 is 0 Å². The fourth-order valence-corrected chi connectivity index (χ4v) is 1.52. The molecule has 17 heavy (non-hydrogen) atoms. The molecule has 1 amide bonds. The topological polar surface area (TPSA) is 94.5 Å². The van der Waals surface area contributed by atoms with Crippen molar-refractivity contribution in [3.63, 3.8) is 0 Å². The van der Waals surface area contributed by atoms with Crippen LogP contribution in [-0.2, 0) is 0 Å². The Morgan fingerprint density at radius 1 is 1.53 bits per heavy atom. The van der Waals surface area contributed by atoms with Crippen LogP contribution in [-0.4, -0.2) is 21.1 Å². The van der Waals surface area contributed by atoms with Crippen LogP contribution in [0, 0.1) is 11.3 Å². The minimum absolute atomic E-state index is 0.248. The molecule has 0 aliphatic carbocycles. The molecule has 6 nitrogen and oxygen atoms in total. The van der Waals surface area contributed by atoms with Crippen LogP contribution in [0.4, 0.5) is 5.82 Å². The van der Waals surface area contributed by atoms with E-state index in [0.717, 1.165) is 0 Å². The van der Waals surface area contributed by atoms with Crippen molar-refractivity contribution in [2.75, 3.05) is 5.32 Å². The number of H-pyrrole nitrogens is 1. The standard InChI is InChI=1S/C10H6BrN5O/c11-8-3-1-2-7(14-8)10(17)15-9-6(4-12)5-13-16-9/h1-3,5H,(H2,13,15,16,17). The van der Waals surface area contributed by atoms with E-state index in [9.17, 15) is 4.79 Å². The number of hydrogen-bond acceptors (Lipinski definition) is 4. The summed E-state index contributed by atoms with van der Waals surface area (Å²) in [5.41, 5.74) is 0.520. The van der Waals surface area contributed by atoms with Crippen LogP contribution < -0.4 is 5.32 Å². The molecule has 2 rings (SSSR count). The number of nitriles is 1. The van der Waals surface area contributed by atoms with Crippen LogP contribution in [0.25, 0.3) is 0 Å². The maximum absolute atomic E-state index is 11.8. The predicted octanol–water partition coefficient (Wildman–Crippen LogP) is 1.69. The minimum Gasteiger partial charge on any atom is -0.304 e. The first-order valence-corrected chi connectivity index (χ1v) is 5.37. The minimum atomic E-state index is -0.410. The van der Waals surface area contributed by atoms with Gasteiger partial charge in [0.25, 0.3) is 5.91 Å². The molecule has 0 atom stereocenters. The highest BCUT2D eigenvalue weighted by Crippen LogP contribution is 2.11. The summed E-state index contributed by atoms with van der Waals surface area (Å²) in [7, 11) is 0. The third-order valence-corrected chi connectivity index (χ3v) is 2.39. The first kappa shape index (κ1) is 11.3. The number of pyridine rings is 1. The van der Waals surface area contributed by atoms with E-state index in [2.05, 4.69) is 36.4 Å². The first-order valence-electron chi connectivity index (χ1n) is 4.58. The Morgan fingerprint density at radius 3 is 3.06 bits per heavy atom. The average Bonchev–Trinajstić information content (AvgIpc) is 2.76. The fraction of sp³-hybridized carbons (Fsp3) is 0. The van der Waals surface area contributed by atoms with Crippen molar-refractivity contribution in [3.05, 3.63) is 40.3 Å². The van der Waals surface area contributed by atoms with Crippen molar-refractivity contribution in [1.29, 1.82) is 5.26 Å². The van der Waals surface area contributed by atoms with Crippen LogP contribution >= 0.6 is 15.9 Å². The van der Waals surface area contributed by atoms with Gasteiger partial charge >= 0.3 is 0 Å². The molecule has 0 aromatic carbocycles. The zero-order valence-corrected chi connectivity index (χ0v) is 10.0. The molecular weight excluding hydrogens is 286 g/mol. The number of anilines is 1. The lowest BCUT2D eigenvalue weighted by Crippen LogP contribution is -2.14. The highest BCUT2D eigenvalue weighted by atomic mass is 79.9. The molecule has 84 valence electrons. The lowest BCUT2D eigenvalue weighted by molar-refractivity contribution is 0.102. The molecule has 2 N–H and O–H groups in total. The number of nitrogens with one attached hydrogen (secondary N) is 2. The van der Waals surface area contributed by atoms with Gasteiger partial charge in [0.2, 0.25) is 0 Å². The number of halogens is 1. The van der Waals surface area contributed by atoms with Crippen LogP contribution in [0.3, 0.4) is 0 Å². The number of carbonyl (C=O) groups excluding carboxylic acids is 1. The quantitative estimate of drug-likeness (QED) is 0.823. The molecule has 0 radical (unpaired) electrons. The normalized spacial score (nSPS) is 9.65. The van der Waals surface area contributed by atoms with Crippen molar-refractivity contribution >= 4 is 27.7 Å². The summed E-state index contributed by atoms with van der Waals surface area (Å²) in [6, 6.07) is 6.89. The first-order chi connectivity index (χ1) is 8.20. The number of amides is 1. The molecule has 2 aromatic rings. The van der Waals surface area contributed by atoms with E-state index in [1.807, 2.05) is 6.07 Å². The van der Waals surface area contributed by atoms with Crippen molar-refractivity contribution in [1.82, 2.24) is 15.2 Å². The average molecular weight is 292 g/mol.